The minimum absolute atomic E-state index is 0.168. The zero-order valence-corrected chi connectivity index (χ0v) is 21.2. The first-order chi connectivity index (χ1) is 16.3. The molecule has 7 heteroatoms. The van der Waals surface area contributed by atoms with E-state index in [9.17, 15) is 9.59 Å². The number of carbonyl (C=O) groups is 2. The van der Waals surface area contributed by atoms with Gasteiger partial charge < -0.3 is 15.0 Å². The Morgan fingerprint density at radius 3 is 2.47 bits per heavy atom. The smallest absolute Gasteiger partial charge is 0.261 e. The number of hydrogen-bond acceptors (Lipinski definition) is 3. The second-order valence-electron chi connectivity index (χ2n) is 8.59. The summed E-state index contributed by atoms with van der Waals surface area (Å²) in [5.41, 5.74) is 0.708. The van der Waals surface area contributed by atoms with Crippen LogP contribution in [0.3, 0.4) is 0 Å². The molecule has 0 aromatic heterocycles. The minimum atomic E-state index is -0.658. The molecule has 0 aliphatic carbocycles. The molecule has 0 saturated carbocycles. The second-order valence-corrected chi connectivity index (χ2v) is 9.43. The van der Waals surface area contributed by atoms with Gasteiger partial charge in [0.2, 0.25) is 5.91 Å². The van der Waals surface area contributed by atoms with Crippen LogP contribution in [0.15, 0.2) is 60.7 Å². The molecule has 34 heavy (non-hydrogen) atoms. The fourth-order valence-electron chi connectivity index (χ4n) is 3.72. The van der Waals surface area contributed by atoms with Gasteiger partial charge in [-0.15, -0.1) is 0 Å². The number of fused-ring (bicyclic) bond motifs is 1. The molecule has 0 bridgehead atoms. The lowest BCUT2D eigenvalue weighted by Gasteiger charge is -2.31. The van der Waals surface area contributed by atoms with Crippen molar-refractivity contribution in [3.63, 3.8) is 0 Å². The molecule has 2 amide bonds. The van der Waals surface area contributed by atoms with E-state index >= 15 is 0 Å². The summed E-state index contributed by atoms with van der Waals surface area (Å²) in [6.45, 7) is 6.43. The molecule has 0 aliphatic heterocycles. The van der Waals surface area contributed by atoms with Crippen LogP contribution in [0.4, 0.5) is 0 Å². The van der Waals surface area contributed by atoms with E-state index in [-0.39, 0.29) is 25.0 Å². The van der Waals surface area contributed by atoms with Crippen LogP contribution in [0.25, 0.3) is 10.8 Å². The van der Waals surface area contributed by atoms with Crippen LogP contribution in [0.2, 0.25) is 10.0 Å². The zero-order chi connectivity index (χ0) is 24.7. The lowest BCUT2D eigenvalue weighted by atomic mass is 10.1. The van der Waals surface area contributed by atoms with Crippen LogP contribution in [-0.2, 0) is 16.1 Å². The van der Waals surface area contributed by atoms with Gasteiger partial charge in [-0.05, 0) is 41.5 Å². The van der Waals surface area contributed by atoms with E-state index in [2.05, 4.69) is 5.32 Å². The van der Waals surface area contributed by atoms with Crippen molar-refractivity contribution in [1.82, 2.24) is 10.2 Å². The topological polar surface area (TPSA) is 58.6 Å². The van der Waals surface area contributed by atoms with Crippen molar-refractivity contribution in [2.45, 2.75) is 39.8 Å². The third-order valence-corrected chi connectivity index (χ3v) is 6.11. The summed E-state index contributed by atoms with van der Waals surface area (Å²) in [6.07, 6.45) is 0.454. The number of benzene rings is 3. The summed E-state index contributed by atoms with van der Waals surface area (Å²) >= 11 is 12.4. The summed E-state index contributed by atoms with van der Waals surface area (Å²) in [5.74, 6) is 0.421. The summed E-state index contributed by atoms with van der Waals surface area (Å²) < 4.78 is 5.94. The van der Waals surface area contributed by atoms with Gasteiger partial charge in [0.25, 0.3) is 5.91 Å². The molecule has 1 unspecified atom stereocenters. The first-order valence-corrected chi connectivity index (χ1v) is 12.2. The maximum absolute atomic E-state index is 13.4. The molecule has 180 valence electrons. The summed E-state index contributed by atoms with van der Waals surface area (Å²) in [5, 5.41) is 5.85. The molecule has 0 saturated heterocycles. The van der Waals surface area contributed by atoms with Gasteiger partial charge >= 0.3 is 0 Å². The fraction of sp³-hybridized carbons (Fsp3) is 0.333. The summed E-state index contributed by atoms with van der Waals surface area (Å²) in [7, 11) is 0. The van der Waals surface area contributed by atoms with Crippen LogP contribution in [-0.4, -0.2) is 35.9 Å². The Hall–Kier alpha value is -2.76. The van der Waals surface area contributed by atoms with E-state index in [0.29, 0.717) is 40.2 Å². The number of halogens is 2. The van der Waals surface area contributed by atoms with Crippen LogP contribution in [0, 0.1) is 5.92 Å². The molecule has 0 fully saturated rings. The molecule has 3 aromatic rings. The van der Waals surface area contributed by atoms with Gasteiger partial charge in [-0.3, -0.25) is 9.59 Å². The zero-order valence-electron chi connectivity index (χ0n) is 19.7. The lowest BCUT2D eigenvalue weighted by molar-refractivity contribution is -0.143. The first kappa shape index (κ1) is 25.9. The third-order valence-electron chi connectivity index (χ3n) is 5.53. The van der Waals surface area contributed by atoms with Crippen molar-refractivity contribution >= 4 is 45.8 Å². The van der Waals surface area contributed by atoms with E-state index in [4.69, 9.17) is 27.9 Å². The standard InChI is InChI=1S/C27H30Cl2N2O3/c1-4-24(27(33)30-15-18(2)3)31(16-20-12-13-21(28)14-23(20)29)26(32)17-34-25-11-7-9-19-8-5-6-10-22(19)25/h5-14,18,24H,4,15-17H2,1-3H3,(H,30,33). The highest BCUT2D eigenvalue weighted by atomic mass is 35.5. The Labute approximate surface area is 211 Å². The van der Waals surface area contributed by atoms with E-state index in [0.717, 1.165) is 10.8 Å². The van der Waals surface area contributed by atoms with Gasteiger partial charge in [-0.25, -0.2) is 0 Å². The van der Waals surface area contributed by atoms with Crippen molar-refractivity contribution in [1.29, 1.82) is 0 Å². The Morgan fingerprint density at radius 1 is 1.03 bits per heavy atom. The highest BCUT2D eigenvalue weighted by Crippen LogP contribution is 2.26. The predicted molar refractivity (Wildman–Crippen MR) is 138 cm³/mol. The SMILES string of the molecule is CCC(C(=O)NCC(C)C)N(Cc1ccc(Cl)cc1Cl)C(=O)COc1cccc2ccccc12. The Balaban J connectivity index is 1.84. The number of ether oxygens (including phenoxy) is 1. The highest BCUT2D eigenvalue weighted by Gasteiger charge is 2.29. The minimum Gasteiger partial charge on any atom is -0.483 e. The number of carbonyl (C=O) groups excluding carboxylic acids is 2. The van der Waals surface area contributed by atoms with Gasteiger partial charge in [0.1, 0.15) is 11.8 Å². The van der Waals surface area contributed by atoms with Crippen molar-refractivity contribution in [3.05, 3.63) is 76.3 Å². The summed E-state index contributed by atoms with van der Waals surface area (Å²) in [4.78, 5) is 28.0. The van der Waals surface area contributed by atoms with Crippen molar-refractivity contribution in [2.75, 3.05) is 13.2 Å². The van der Waals surface area contributed by atoms with E-state index < -0.39 is 6.04 Å². The maximum Gasteiger partial charge on any atom is 0.261 e. The highest BCUT2D eigenvalue weighted by molar-refractivity contribution is 6.35. The van der Waals surface area contributed by atoms with E-state index in [1.807, 2.05) is 63.2 Å². The van der Waals surface area contributed by atoms with Crippen molar-refractivity contribution in [2.24, 2.45) is 5.92 Å². The molecule has 0 aliphatic rings. The quantitative estimate of drug-likeness (QED) is 0.365. The van der Waals surface area contributed by atoms with Gasteiger partial charge in [0.05, 0.1) is 0 Å². The van der Waals surface area contributed by atoms with Gasteiger partial charge in [0.15, 0.2) is 6.61 Å². The molecule has 3 rings (SSSR count). The third kappa shape index (κ3) is 6.64. The Bertz CT molecular complexity index is 1140. The average Bonchev–Trinajstić information content (AvgIpc) is 2.82. The van der Waals surface area contributed by atoms with E-state index in [1.54, 1.807) is 18.2 Å². The van der Waals surface area contributed by atoms with Gasteiger partial charge in [-0.1, -0.05) is 86.4 Å². The molecule has 5 nitrogen and oxygen atoms in total. The number of nitrogens with zero attached hydrogens (tertiary/aromatic N) is 1. The van der Waals surface area contributed by atoms with Crippen LogP contribution in [0.5, 0.6) is 5.75 Å². The van der Waals surface area contributed by atoms with Gasteiger partial charge in [0, 0.05) is 28.5 Å². The van der Waals surface area contributed by atoms with Crippen LogP contribution >= 0.6 is 23.2 Å². The molecule has 1 N–H and O–H groups in total. The monoisotopic (exact) mass is 500 g/mol. The molecule has 0 radical (unpaired) electrons. The molecule has 0 spiro atoms. The normalized spacial score (nSPS) is 11.9. The van der Waals surface area contributed by atoms with Crippen LogP contribution in [0.1, 0.15) is 32.8 Å². The largest absolute Gasteiger partial charge is 0.483 e. The maximum atomic E-state index is 13.4. The Morgan fingerprint density at radius 2 is 1.76 bits per heavy atom. The van der Waals surface area contributed by atoms with Gasteiger partial charge in [-0.2, -0.15) is 0 Å². The average molecular weight is 501 g/mol. The predicted octanol–water partition coefficient (Wildman–Crippen LogP) is 6.11. The number of rotatable bonds is 10. The second kappa shape index (κ2) is 12.1. The number of hydrogen-bond donors (Lipinski definition) is 1. The van der Waals surface area contributed by atoms with E-state index in [1.165, 1.54) is 4.90 Å². The molecular formula is C27H30Cl2N2O3. The molecule has 3 aromatic carbocycles. The molecular weight excluding hydrogens is 471 g/mol. The number of nitrogens with one attached hydrogen (secondary N) is 1. The lowest BCUT2D eigenvalue weighted by Crippen LogP contribution is -2.50. The van der Waals surface area contributed by atoms with Crippen molar-refractivity contribution < 1.29 is 14.3 Å². The fourth-order valence-corrected chi connectivity index (χ4v) is 4.19. The van der Waals surface area contributed by atoms with Crippen molar-refractivity contribution in [3.8, 4) is 5.75 Å². The first-order valence-electron chi connectivity index (χ1n) is 11.4. The van der Waals surface area contributed by atoms with Crippen LogP contribution < -0.4 is 10.1 Å². The molecule has 0 heterocycles. The molecule has 1 atom stereocenters. The number of amides is 2. The summed E-state index contributed by atoms with van der Waals surface area (Å²) in [6, 6.07) is 18.0. The Kier molecular flexibility index (Phi) is 9.20.